The summed E-state index contributed by atoms with van der Waals surface area (Å²) in [6.07, 6.45) is 0. The predicted molar refractivity (Wildman–Crippen MR) is 73.0 cm³/mol. The predicted octanol–water partition coefficient (Wildman–Crippen LogP) is 2.47. The average molecular weight is 266 g/mol. The number of aromatic nitrogens is 2. The minimum absolute atomic E-state index is 0.593. The number of ether oxygens (including phenoxy) is 1. The Morgan fingerprint density at radius 3 is 2.78 bits per heavy atom. The number of aryl methyl sites for hydroxylation is 1. The number of halogens is 1. The number of nitrogens with one attached hydrogen (secondary N) is 1. The second-order valence-corrected chi connectivity index (χ2v) is 4.43. The third-order valence-electron chi connectivity index (χ3n) is 2.78. The summed E-state index contributed by atoms with van der Waals surface area (Å²) < 4.78 is 7.00. The highest BCUT2D eigenvalue weighted by molar-refractivity contribution is 6.32. The average Bonchev–Trinajstić information content (AvgIpc) is 2.71. The van der Waals surface area contributed by atoms with E-state index in [9.17, 15) is 0 Å². The molecule has 1 aromatic heterocycles. The summed E-state index contributed by atoms with van der Waals surface area (Å²) in [5, 5.41) is 8.18. The third-order valence-corrected chi connectivity index (χ3v) is 3.08. The summed E-state index contributed by atoms with van der Waals surface area (Å²) in [6.45, 7) is 0.785. The van der Waals surface area contributed by atoms with Crippen LogP contribution in [0.15, 0.2) is 24.3 Å². The Balaban J connectivity index is 2.36. The number of rotatable bonds is 4. The molecule has 0 fully saturated rings. The molecular formula is C13H16ClN3O. The molecule has 18 heavy (non-hydrogen) atoms. The Bertz CT molecular complexity index is 551. The zero-order valence-corrected chi connectivity index (χ0v) is 11.5. The highest BCUT2D eigenvalue weighted by atomic mass is 35.5. The topological polar surface area (TPSA) is 39.1 Å². The third kappa shape index (κ3) is 2.49. The van der Waals surface area contributed by atoms with Crippen molar-refractivity contribution in [2.45, 2.75) is 6.54 Å². The fraction of sp³-hybridized carbons (Fsp3) is 0.308. The molecule has 0 aliphatic heterocycles. The first-order chi connectivity index (χ1) is 8.65. The first-order valence-corrected chi connectivity index (χ1v) is 6.05. The van der Waals surface area contributed by atoms with Gasteiger partial charge in [0.25, 0.3) is 0 Å². The van der Waals surface area contributed by atoms with Gasteiger partial charge in [-0.05, 0) is 31.3 Å². The van der Waals surface area contributed by atoms with E-state index in [-0.39, 0.29) is 0 Å². The van der Waals surface area contributed by atoms with Crippen molar-refractivity contribution in [3.05, 3.63) is 35.0 Å². The summed E-state index contributed by atoms with van der Waals surface area (Å²) in [6, 6.07) is 7.72. The standard InChI is InChI=1S/C13H16ClN3O/c1-15-8-10-7-12(16-17(10)2)9-4-5-13(18-3)11(14)6-9/h4-7,15H,8H2,1-3H3. The Morgan fingerprint density at radius 1 is 1.39 bits per heavy atom. The zero-order valence-electron chi connectivity index (χ0n) is 10.7. The molecule has 2 rings (SSSR count). The molecule has 0 bridgehead atoms. The van der Waals surface area contributed by atoms with Gasteiger partial charge in [-0.2, -0.15) is 5.10 Å². The number of hydrogen-bond donors (Lipinski definition) is 1. The van der Waals surface area contributed by atoms with Crippen LogP contribution in [0.4, 0.5) is 0 Å². The van der Waals surface area contributed by atoms with Crippen molar-refractivity contribution >= 4 is 11.6 Å². The molecule has 2 aromatic rings. The van der Waals surface area contributed by atoms with Crippen molar-refractivity contribution in [2.75, 3.05) is 14.2 Å². The maximum absolute atomic E-state index is 6.12. The van der Waals surface area contributed by atoms with Crippen LogP contribution in [0.5, 0.6) is 5.75 Å². The van der Waals surface area contributed by atoms with Crippen molar-refractivity contribution in [1.82, 2.24) is 15.1 Å². The highest BCUT2D eigenvalue weighted by Gasteiger charge is 2.09. The van der Waals surface area contributed by atoms with Gasteiger partial charge in [-0.1, -0.05) is 11.6 Å². The summed E-state index contributed by atoms with van der Waals surface area (Å²) in [5.74, 6) is 0.673. The second kappa shape index (κ2) is 5.42. The van der Waals surface area contributed by atoms with Gasteiger partial charge in [-0.3, -0.25) is 4.68 Å². The lowest BCUT2D eigenvalue weighted by Gasteiger charge is -2.03. The molecule has 1 heterocycles. The lowest BCUT2D eigenvalue weighted by molar-refractivity contribution is 0.415. The van der Waals surface area contributed by atoms with Crippen LogP contribution in [0.1, 0.15) is 5.69 Å². The molecule has 1 aromatic carbocycles. The lowest BCUT2D eigenvalue weighted by atomic mass is 10.1. The minimum atomic E-state index is 0.593. The Morgan fingerprint density at radius 2 is 2.17 bits per heavy atom. The fourth-order valence-corrected chi connectivity index (χ4v) is 2.08. The van der Waals surface area contributed by atoms with Crippen LogP contribution in [-0.4, -0.2) is 23.9 Å². The molecule has 0 saturated heterocycles. The summed E-state index contributed by atoms with van der Waals surface area (Å²) in [5.41, 5.74) is 3.02. The van der Waals surface area contributed by atoms with Crippen molar-refractivity contribution in [2.24, 2.45) is 7.05 Å². The van der Waals surface area contributed by atoms with Gasteiger partial charge in [0, 0.05) is 19.2 Å². The van der Waals surface area contributed by atoms with Crippen molar-refractivity contribution in [3.63, 3.8) is 0 Å². The minimum Gasteiger partial charge on any atom is -0.495 e. The highest BCUT2D eigenvalue weighted by Crippen LogP contribution is 2.29. The molecule has 0 radical (unpaired) electrons. The van der Waals surface area contributed by atoms with E-state index in [0.717, 1.165) is 23.5 Å². The number of nitrogens with zero attached hydrogens (tertiary/aromatic N) is 2. The number of benzene rings is 1. The molecule has 4 nitrogen and oxygen atoms in total. The normalized spacial score (nSPS) is 10.7. The van der Waals surface area contributed by atoms with Crippen LogP contribution < -0.4 is 10.1 Å². The van der Waals surface area contributed by atoms with Gasteiger partial charge in [-0.15, -0.1) is 0 Å². The molecule has 0 saturated carbocycles. The zero-order chi connectivity index (χ0) is 13.1. The van der Waals surface area contributed by atoms with E-state index >= 15 is 0 Å². The lowest BCUT2D eigenvalue weighted by Crippen LogP contribution is -2.09. The maximum Gasteiger partial charge on any atom is 0.137 e. The van der Waals surface area contributed by atoms with Crippen LogP contribution in [0.2, 0.25) is 5.02 Å². The fourth-order valence-electron chi connectivity index (χ4n) is 1.82. The maximum atomic E-state index is 6.12. The smallest absolute Gasteiger partial charge is 0.137 e. The SMILES string of the molecule is CNCc1cc(-c2ccc(OC)c(Cl)c2)nn1C. The van der Waals surface area contributed by atoms with E-state index in [2.05, 4.69) is 16.5 Å². The molecule has 0 aliphatic rings. The van der Waals surface area contributed by atoms with Crippen LogP contribution in [0.25, 0.3) is 11.3 Å². The van der Waals surface area contributed by atoms with E-state index < -0.39 is 0 Å². The van der Waals surface area contributed by atoms with Crippen LogP contribution in [0, 0.1) is 0 Å². The van der Waals surface area contributed by atoms with Gasteiger partial charge in [0.05, 0.1) is 23.5 Å². The first-order valence-electron chi connectivity index (χ1n) is 5.67. The molecular weight excluding hydrogens is 250 g/mol. The van der Waals surface area contributed by atoms with Gasteiger partial charge in [0.2, 0.25) is 0 Å². The van der Waals surface area contributed by atoms with Gasteiger partial charge >= 0.3 is 0 Å². The van der Waals surface area contributed by atoms with Gasteiger partial charge in [0.1, 0.15) is 5.75 Å². The van der Waals surface area contributed by atoms with Crippen LogP contribution in [0.3, 0.4) is 0 Å². The summed E-state index contributed by atoms with van der Waals surface area (Å²) in [7, 11) is 5.45. The van der Waals surface area contributed by atoms with Crippen molar-refractivity contribution < 1.29 is 4.74 Å². The Kier molecular flexibility index (Phi) is 3.89. The Labute approximate surface area is 112 Å². The molecule has 0 aliphatic carbocycles. The molecule has 0 amide bonds. The Hall–Kier alpha value is -1.52. The molecule has 5 heteroatoms. The number of hydrogen-bond acceptors (Lipinski definition) is 3. The molecule has 0 unspecified atom stereocenters. The number of methoxy groups -OCH3 is 1. The van der Waals surface area contributed by atoms with E-state index in [4.69, 9.17) is 16.3 Å². The van der Waals surface area contributed by atoms with Crippen LogP contribution in [-0.2, 0) is 13.6 Å². The van der Waals surface area contributed by atoms with Crippen LogP contribution >= 0.6 is 11.6 Å². The van der Waals surface area contributed by atoms with E-state index in [1.807, 2.05) is 37.0 Å². The van der Waals surface area contributed by atoms with E-state index in [1.54, 1.807) is 7.11 Å². The van der Waals surface area contributed by atoms with Gasteiger partial charge < -0.3 is 10.1 Å². The van der Waals surface area contributed by atoms with E-state index in [1.165, 1.54) is 0 Å². The quantitative estimate of drug-likeness (QED) is 0.923. The molecule has 0 spiro atoms. The molecule has 0 atom stereocenters. The van der Waals surface area contributed by atoms with Crippen molar-refractivity contribution in [1.29, 1.82) is 0 Å². The second-order valence-electron chi connectivity index (χ2n) is 4.02. The first kappa shape index (κ1) is 12.9. The monoisotopic (exact) mass is 265 g/mol. The largest absolute Gasteiger partial charge is 0.495 e. The van der Waals surface area contributed by atoms with E-state index in [0.29, 0.717) is 10.8 Å². The molecule has 96 valence electrons. The summed E-state index contributed by atoms with van der Waals surface area (Å²) in [4.78, 5) is 0. The summed E-state index contributed by atoms with van der Waals surface area (Å²) >= 11 is 6.12. The molecule has 1 N–H and O–H groups in total. The van der Waals surface area contributed by atoms with Gasteiger partial charge in [0.15, 0.2) is 0 Å². The van der Waals surface area contributed by atoms with Gasteiger partial charge in [-0.25, -0.2) is 0 Å². The van der Waals surface area contributed by atoms with Crippen molar-refractivity contribution in [3.8, 4) is 17.0 Å².